The van der Waals surface area contributed by atoms with Crippen LogP contribution in [-0.2, 0) is 0 Å². The van der Waals surface area contributed by atoms with E-state index in [2.05, 4.69) is 58.8 Å². The Morgan fingerprint density at radius 1 is 0.905 bits per heavy atom. The molecule has 3 heteroatoms. The smallest absolute Gasteiger partial charge is 0.157 e. The van der Waals surface area contributed by atoms with Crippen LogP contribution in [0.15, 0.2) is 54.6 Å². The third-order valence-corrected chi connectivity index (χ3v) is 3.79. The number of nitrogens with one attached hydrogen (secondary N) is 1. The van der Waals surface area contributed by atoms with Gasteiger partial charge < -0.3 is 5.32 Å². The van der Waals surface area contributed by atoms with Gasteiger partial charge in [-0.1, -0.05) is 61.5 Å². The number of fused-ring (bicyclic) bond motifs is 1. The van der Waals surface area contributed by atoms with Gasteiger partial charge in [0.1, 0.15) is 0 Å². The predicted octanol–water partition coefficient (Wildman–Crippen LogP) is 4.50. The molecule has 2 aromatic carbocycles. The zero-order chi connectivity index (χ0) is 14.7. The van der Waals surface area contributed by atoms with Crippen LogP contribution in [0.25, 0.3) is 10.8 Å². The summed E-state index contributed by atoms with van der Waals surface area (Å²) in [4.78, 5) is 0. The summed E-state index contributed by atoms with van der Waals surface area (Å²) in [6.45, 7) is 4.17. The SMILES string of the molecule is CCC(Nc1nnc(C)c2ccccc12)c1ccccc1. The van der Waals surface area contributed by atoms with Crippen LogP contribution in [0.3, 0.4) is 0 Å². The summed E-state index contributed by atoms with van der Waals surface area (Å²) in [5, 5.41) is 14.5. The van der Waals surface area contributed by atoms with Gasteiger partial charge in [0, 0.05) is 10.8 Å². The summed E-state index contributed by atoms with van der Waals surface area (Å²) < 4.78 is 0. The first-order valence-electron chi connectivity index (χ1n) is 7.33. The van der Waals surface area contributed by atoms with Gasteiger partial charge in [0.25, 0.3) is 0 Å². The van der Waals surface area contributed by atoms with Crippen molar-refractivity contribution in [2.24, 2.45) is 0 Å². The van der Waals surface area contributed by atoms with E-state index in [-0.39, 0.29) is 6.04 Å². The second-order valence-corrected chi connectivity index (χ2v) is 5.20. The highest BCUT2D eigenvalue weighted by Gasteiger charge is 2.12. The van der Waals surface area contributed by atoms with Gasteiger partial charge in [0.2, 0.25) is 0 Å². The average Bonchev–Trinajstić information content (AvgIpc) is 2.55. The van der Waals surface area contributed by atoms with E-state index in [4.69, 9.17) is 0 Å². The lowest BCUT2D eigenvalue weighted by Crippen LogP contribution is -2.12. The molecule has 1 atom stereocenters. The van der Waals surface area contributed by atoms with Gasteiger partial charge in [0.05, 0.1) is 11.7 Å². The molecule has 1 aromatic heterocycles. The maximum absolute atomic E-state index is 4.36. The molecule has 0 aliphatic carbocycles. The van der Waals surface area contributed by atoms with Gasteiger partial charge >= 0.3 is 0 Å². The maximum atomic E-state index is 4.36. The van der Waals surface area contributed by atoms with Crippen LogP contribution >= 0.6 is 0 Å². The van der Waals surface area contributed by atoms with E-state index in [0.717, 1.165) is 28.7 Å². The molecule has 1 N–H and O–H groups in total. The molecule has 0 fully saturated rings. The molecule has 1 unspecified atom stereocenters. The van der Waals surface area contributed by atoms with Crippen molar-refractivity contribution >= 4 is 16.6 Å². The van der Waals surface area contributed by atoms with Gasteiger partial charge in [-0.2, -0.15) is 5.10 Å². The summed E-state index contributed by atoms with van der Waals surface area (Å²) in [6, 6.07) is 19.0. The molecule has 0 saturated heterocycles. The van der Waals surface area contributed by atoms with Gasteiger partial charge in [0.15, 0.2) is 5.82 Å². The van der Waals surface area contributed by atoms with E-state index in [0.29, 0.717) is 0 Å². The van der Waals surface area contributed by atoms with Crippen LogP contribution in [0.4, 0.5) is 5.82 Å². The zero-order valence-electron chi connectivity index (χ0n) is 12.4. The summed E-state index contributed by atoms with van der Waals surface area (Å²) in [6.07, 6.45) is 0.994. The van der Waals surface area contributed by atoms with Crippen molar-refractivity contribution < 1.29 is 0 Å². The Balaban J connectivity index is 1.99. The van der Waals surface area contributed by atoms with E-state index in [9.17, 15) is 0 Å². The highest BCUT2D eigenvalue weighted by Crippen LogP contribution is 2.27. The topological polar surface area (TPSA) is 37.8 Å². The summed E-state index contributed by atoms with van der Waals surface area (Å²) in [7, 11) is 0. The first-order valence-corrected chi connectivity index (χ1v) is 7.33. The van der Waals surface area contributed by atoms with Gasteiger partial charge in [-0.25, -0.2) is 0 Å². The molecule has 1 heterocycles. The number of aromatic nitrogens is 2. The summed E-state index contributed by atoms with van der Waals surface area (Å²) >= 11 is 0. The molecule has 106 valence electrons. The van der Waals surface area contributed by atoms with Crippen molar-refractivity contribution in [1.82, 2.24) is 10.2 Å². The highest BCUT2D eigenvalue weighted by molar-refractivity contribution is 5.92. The van der Waals surface area contributed by atoms with Crippen molar-refractivity contribution in [3.63, 3.8) is 0 Å². The Bertz CT molecular complexity index is 738. The third kappa shape index (κ3) is 2.72. The Labute approximate surface area is 125 Å². The lowest BCUT2D eigenvalue weighted by molar-refractivity contribution is 0.742. The number of anilines is 1. The van der Waals surface area contributed by atoms with Crippen LogP contribution in [0, 0.1) is 6.92 Å². The van der Waals surface area contributed by atoms with Gasteiger partial charge in [-0.15, -0.1) is 5.10 Å². The molecular weight excluding hydrogens is 258 g/mol. The normalized spacial score (nSPS) is 12.3. The first kappa shape index (κ1) is 13.6. The molecule has 3 aromatic rings. The monoisotopic (exact) mass is 277 g/mol. The van der Waals surface area contributed by atoms with Crippen LogP contribution in [0.2, 0.25) is 0 Å². The van der Waals surface area contributed by atoms with E-state index in [1.165, 1.54) is 5.56 Å². The molecule has 0 spiro atoms. The number of rotatable bonds is 4. The summed E-state index contributed by atoms with van der Waals surface area (Å²) in [5.74, 6) is 0.854. The molecule has 0 amide bonds. The van der Waals surface area contributed by atoms with Crippen molar-refractivity contribution in [2.75, 3.05) is 5.32 Å². The maximum Gasteiger partial charge on any atom is 0.157 e. The Morgan fingerprint density at radius 3 is 2.29 bits per heavy atom. The number of benzene rings is 2. The second kappa shape index (κ2) is 5.92. The Kier molecular flexibility index (Phi) is 3.82. The molecule has 3 nitrogen and oxygen atoms in total. The number of hydrogen-bond donors (Lipinski definition) is 1. The standard InChI is InChI=1S/C18H19N3/c1-3-17(14-9-5-4-6-10-14)19-18-16-12-8-7-11-15(16)13(2)20-21-18/h4-12,17H,3H2,1-2H3,(H,19,21). The second-order valence-electron chi connectivity index (χ2n) is 5.20. The molecule has 0 saturated carbocycles. The first-order chi connectivity index (χ1) is 10.3. The quantitative estimate of drug-likeness (QED) is 0.763. The van der Waals surface area contributed by atoms with Crippen LogP contribution in [-0.4, -0.2) is 10.2 Å². The van der Waals surface area contributed by atoms with Crippen molar-refractivity contribution in [3.05, 3.63) is 65.9 Å². The van der Waals surface area contributed by atoms with Crippen LogP contribution in [0.5, 0.6) is 0 Å². The minimum absolute atomic E-state index is 0.242. The molecule has 21 heavy (non-hydrogen) atoms. The fourth-order valence-electron chi connectivity index (χ4n) is 2.62. The van der Waals surface area contributed by atoms with E-state index >= 15 is 0 Å². The number of hydrogen-bond acceptors (Lipinski definition) is 3. The Hall–Kier alpha value is -2.42. The van der Waals surface area contributed by atoms with E-state index < -0.39 is 0 Å². The third-order valence-electron chi connectivity index (χ3n) is 3.79. The molecule has 0 aliphatic heterocycles. The molecule has 0 radical (unpaired) electrons. The fraction of sp³-hybridized carbons (Fsp3) is 0.222. The van der Waals surface area contributed by atoms with Crippen molar-refractivity contribution in [3.8, 4) is 0 Å². The predicted molar refractivity (Wildman–Crippen MR) is 87.4 cm³/mol. The average molecular weight is 277 g/mol. The molecule has 0 bridgehead atoms. The van der Waals surface area contributed by atoms with Gasteiger partial charge in [-0.3, -0.25) is 0 Å². The lowest BCUT2D eigenvalue weighted by atomic mass is 10.0. The zero-order valence-corrected chi connectivity index (χ0v) is 12.4. The largest absolute Gasteiger partial charge is 0.361 e. The molecular formula is C18H19N3. The summed E-state index contributed by atoms with van der Waals surface area (Å²) in [5.41, 5.74) is 2.23. The lowest BCUT2D eigenvalue weighted by Gasteiger charge is -2.19. The molecule has 0 aliphatic rings. The Morgan fingerprint density at radius 2 is 1.57 bits per heavy atom. The van der Waals surface area contributed by atoms with Crippen LogP contribution in [0.1, 0.15) is 30.6 Å². The number of aryl methyl sites for hydroxylation is 1. The van der Waals surface area contributed by atoms with Crippen molar-refractivity contribution in [1.29, 1.82) is 0 Å². The minimum Gasteiger partial charge on any atom is -0.361 e. The fourth-order valence-corrected chi connectivity index (χ4v) is 2.62. The van der Waals surface area contributed by atoms with Crippen LogP contribution < -0.4 is 5.32 Å². The molecule has 3 rings (SSSR count). The minimum atomic E-state index is 0.242. The van der Waals surface area contributed by atoms with E-state index in [1.807, 2.05) is 25.1 Å². The van der Waals surface area contributed by atoms with E-state index in [1.54, 1.807) is 0 Å². The number of nitrogens with zero attached hydrogens (tertiary/aromatic N) is 2. The van der Waals surface area contributed by atoms with Crippen molar-refractivity contribution in [2.45, 2.75) is 26.3 Å². The van der Waals surface area contributed by atoms with Gasteiger partial charge in [-0.05, 0) is 18.9 Å². The highest BCUT2D eigenvalue weighted by atomic mass is 15.2.